The normalized spacial score (nSPS) is 24.9. The molecule has 4 rings (SSSR count). The quantitative estimate of drug-likeness (QED) is 0.473. The smallest absolute Gasteiger partial charge is 0.415 e. The van der Waals surface area contributed by atoms with Gasteiger partial charge in [-0.2, -0.15) is 22.0 Å². The molecule has 2 unspecified atom stereocenters. The lowest BCUT2D eigenvalue weighted by molar-refractivity contribution is -0.250. The summed E-state index contributed by atoms with van der Waals surface area (Å²) < 4.78 is 70.0. The number of carbonyl (C=O) groups is 2. The molecule has 1 aromatic heterocycles. The predicted octanol–water partition coefficient (Wildman–Crippen LogP) is 3.01. The largest absolute Gasteiger partial charge is 0.424 e. The van der Waals surface area contributed by atoms with E-state index in [0.29, 0.717) is 18.4 Å². The number of rotatable bonds is 6. The van der Waals surface area contributed by atoms with Gasteiger partial charge >= 0.3 is 12.6 Å². The maximum Gasteiger partial charge on any atom is 0.424 e. The number of hydrogen-bond acceptors (Lipinski definition) is 7. The fourth-order valence-electron chi connectivity index (χ4n) is 4.68. The monoisotopic (exact) mass is 488 g/mol. The molecule has 2 aliphatic rings. The van der Waals surface area contributed by atoms with Crippen LogP contribution in [0.25, 0.3) is 11.5 Å². The number of benzene rings is 1. The van der Waals surface area contributed by atoms with E-state index in [9.17, 15) is 36.6 Å². The van der Waals surface area contributed by atoms with Crippen molar-refractivity contribution in [3.05, 3.63) is 35.2 Å². The van der Waals surface area contributed by atoms with Crippen molar-refractivity contribution in [3.63, 3.8) is 0 Å². The Labute approximate surface area is 189 Å². The van der Waals surface area contributed by atoms with Crippen LogP contribution in [0.5, 0.6) is 0 Å². The minimum atomic E-state index is -5.14. The van der Waals surface area contributed by atoms with Gasteiger partial charge in [-0.3, -0.25) is 9.59 Å². The highest BCUT2D eigenvalue weighted by molar-refractivity contribution is 5.99. The van der Waals surface area contributed by atoms with E-state index < -0.39 is 60.7 Å². The van der Waals surface area contributed by atoms with E-state index in [2.05, 4.69) is 10.2 Å². The van der Waals surface area contributed by atoms with Gasteiger partial charge in [0.15, 0.2) is 6.29 Å². The second kappa shape index (κ2) is 8.69. The predicted molar refractivity (Wildman–Crippen MR) is 105 cm³/mol. The molecule has 1 fully saturated rings. The van der Waals surface area contributed by atoms with E-state index in [0.717, 1.165) is 0 Å². The summed E-state index contributed by atoms with van der Waals surface area (Å²) in [7, 11) is 0. The standard InChI is InChI=1S/C21H21F5N4O4/c22-16(23)18-29-28-17(34-18)10-4-5-12-8-30(19(32)13(12)6-10)14-3-1-2-11(15(14)27)7-20(33,9-31)21(24,25)26/h4-6,9,11,14-16,33H,1-3,7-8,27H2/t11?,14?,15-,20-/m1/s1. The number of alkyl halides is 5. The molecule has 0 saturated heterocycles. The summed E-state index contributed by atoms with van der Waals surface area (Å²) in [6.45, 7) is 0.156. The first-order chi connectivity index (χ1) is 15.9. The highest BCUT2D eigenvalue weighted by Crippen LogP contribution is 2.40. The van der Waals surface area contributed by atoms with Crippen LogP contribution in [0.4, 0.5) is 22.0 Å². The van der Waals surface area contributed by atoms with Crippen LogP contribution in [-0.2, 0) is 11.3 Å². The number of nitrogens with zero attached hydrogens (tertiary/aromatic N) is 3. The number of amides is 1. The van der Waals surface area contributed by atoms with Gasteiger partial charge < -0.3 is 20.2 Å². The fraction of sp³-hybridized carbons (Fsp3) is 0.524. The van der Waals surface area contributed by atoms with Crippen LogP contribution in [0.15, 0.2) is 22.6 Å². The summed E-state index contributed by atoms with van der Waals surface area (Å²) >= 11 is 0. The minimum absolute atomic E-state index is 0.156. The number of hydrogen-bond donors (Lipinski definition) is 2. The summed E-state index contributed by atoms with van der Waals surface area (Å²) in [5.41, 5.74) is 3.91. The van der Waals surface area contributed by atoms with Gasteiger partial charge in [0.25, 0.3) is 11.8 Å². The van der Waals surface area contributed by atoms with Crippen molar-refractivity contribution in [2.24, 2.45) is 11.7 Å². The zero-order valence-corrected chi connectivity index (χ0v) is 17.6. The summed E-state index contributed by atoms with van der Waals surface area (Å²) in [4.78, 5) is 25.6. The van der Waals surface area contributed by atoms with Gasteiger partial charge in [-0.15, -0.1) is 10.2 Å². The highest BCUT2D eigenvalue weighted by Gasteiger charge is 2.56. The number of aromatic nitrogens is 2. The number of aldehydes is 1. The summed E-state index contributed by atoms with van der Waals surface area (Å²) in [5.74, 6) is -2.29. The first kappa shape index (κ1) is 24.2. The van der Waals surface area contributed by atoms with Crippen molar-refractivity contribution in [1.82, 2.24) is 15.1 Å². The Morgan fingerprint density at radius 2 is 2.00 bits per heavy atom. The topological polar surface area (TPSA) is 123 Å². The first-order valence-electron chi connectivity index (χ1n) is 10.5. The van der Waals surface area contributed by atoms with Gasteiger partial charge in [0, 0.05) is 29.8 Å². The molecule has 3 N–H and O–H groups in total. The molecule has 1 saturated carbocycles. The van der Waals surface area contributed by atoms with Gasteiger partial charge in [0.1, 0.15) is 0 Å². The molecule has 1 aromatic carbocycles. The average Bonchev–Trinajstić information content (AvgIpc) is 3.40. The molecule has 184 valence electrons. The lowest BCUT2D eigenvalue weighted by Gasteiger charge is -2.42. The Bertz CT molecular complexity index is 1090. The molecule has 2 aromatic rings. The molecular formula is C21H21F5N4O4. The van der Waals surface area contributed by atoms with Crippen LogP contribution >= 0.6 is 0 Å². The van der Waals surface area contributed by atoms with Gasteiger partial charge in [0.2, 0.25) is 11.5 Å². The fourth-order valence-corrected chi connectivity index (χ4v) is 4.68. The zero-order valence-electron chi connectivity index (χ0n) is 17.6. The third kappa shape index (κ3) is 4.17. The van der Waals surface area contributed by atoms with Crippen LogP contribution in [0.3, 0.4) is 0 Å². The molecule has 8 nitrogen and oxygen atoms in total. The van der Waals surface area contributed by atoms with E-state index in [1.54, 1.807) is 6.07 Å². The van der Waals surface area contributed by atoms with Crippen molar-refractivity contribution in [3.8, 4) is 11.5 Å². The summed E-state index contributed by atoms with van der Waals surface area (Å²) in [6, 6.07) is 3.07. The van der Waals surface area contributed by atoms with E-state index in [1.165, 1.54) is 17.0 Å². The van der Waals surface area contributed by atoms with Crippen LogP contribution in [-0.4, -0.2) is 56.3 Å². The lowest BCUT2D eigenvalue weighted by atomic mass is 9.75. The van der Waals surface area contributed by atoms with Gasteiger partial charge in [-0.05, 0) is 42.9 Å². The number of nitrogens with two attached hydrogens (primary N) is 1. The molecule has 0 spiro atoms. The maximum absolute atomic E-state index is 13.2. The van der Waals surface area contributed by atoms with Crippen molar-refractivity contribution in [2.45, 2.75) is 62.5 Å². The lowest BCUT2D eigenvalue weighted by Crippen LogP contribution is -2.57. The Balaban J connectivity index is 1.53. The molecule has 1 amide bonds. The summed E-state index contributed by atoms with van der Waals surface area (Å²) in [5, 5.41) is 16.7. The minimum Gasteiger partial charge on any atom is -0.415 e. The van der Waals surface area contributed by atoms with Crippen molar-refractivity contribution in [1.29, 1.82) is 0 Å². The molecule has 1 aliphatic heterocycles. The Morgan fingerprint density at radius 1 is 1.26 bits per heavy atom. The Kier molecular flexibility index (Phi) is 6.19. The summed E-state index contributed by atoms with van der Waals surface area (Å²) in [6.07, 6.45) is -8.32. The van der Waals surface area contributed by atoms with Crippen LogP contribution < -0.4 is 5.73 Å². The van der Waals surface area contributed by atoms with E-state index in [-0.39, 0.29) is 30.0 Å². The Hall–Kier alpha value is -2.93. The molecular weight excluding hydrogens is 467 g/mol. The molecule has 2 heterocycles. The number of aliphatic hydroxyl groups is 1. The maximum atomic E-state index is 13.2. The van der Waals surface area contributed by atoms with Gasteiger partial charge in [0.05, 0.1) is 0 Å². The molecule has 34 heavy (non-hydrogen) atoms. The van der Waals surface area contributed by atoms with Crippen LogP contribution in [0, 0.1) is 5.92 Å². The first-order valence-corrected chi connectivity index (χ1v) is 10.5. The van der Waals surface area contributed by atoms with E-state index >= 15 is 0 Å². The van der Waals surface area contributed by atoms with Crippen molar-refractivity contribution in [2.75, 3.05) is 0 Å². The highest BCUT2D eigenvalue weighted by atomic mass is 19.4. The zero-order chi connectivity index (χ0) is 24.8. The second-order valence-corrected chi connectivity index (χ2v) is 8.63. The molecule has 13 heteroatoms. The third-order valence-electron chi connectivity index (χ3n) is 6.54. The molecule has 0 bridgehead atoms. The molecule has 1 aliphatic carbocycles. The third-order valence-corrected chi connectivity index (χ3v) is 6.54. The SMILES string of the molecule is N[C@@H]1C(C[C@@](O)(C=O)C(F)(F)F)CCCC1N1Cc2ccc(-c3nnc(C(F)F)o3)cc2C1=O. The molecule has 4 atom stereocenters. The van der Waals surface area contributed by atoms with Crippen molar-refractivity contribution >= 4 is 12.2 Å². The average molecular weight is 488 g/mol. The second-order valence-electron chi connectivity index (χ2n) is 8.63. The van der Waals surface area contributed by atoms with Gasteiger partial charge in [-0.25, -0.2) is 0 Å². The number of carbonyl (C=O) groups excluding carboxylic acids is 2. The molecule has 0 radical (unpaired) electrons. The number of halogens is 5. The Morgan fingerprint density at radius 3 is 2.62 bits per heavy atom. The van der Waals surface area contributed by atoms with Crippen LogP contribution in [0.1, 0.15) is 53.9 Å². The van der Waals surface area contributed by atoms with E-state index in [4.69, 9.17) is 10.2 Å². The van der Waals surface area contributed by atoms with E-state index in [1.807, 2.05) is 0 Å². The van der Waals surface area contributed by atoms with Crippen LogP contribution in [0.2, 0.25) is 0 Å². The van der Waals surface area contributed by atoms with Crippen molar-refractivity contribution < 1.29 is 41.1 Å². The number of fused-ring (bicyclic) bond motifs is 1. The van der Waals surface area contributed by atoms with Gasteiger partial charge in [-0.1, -0.05) is 12.5 Å².